The topological polar surface area (TPSA) is 54.0 Å². The highest BCUT2D eigenvalue weighted by Crippen LogP contribution is 2.19. The fourth-order valence-electron chi connectivity index (χ4n) is 2.54. The standard InChI is InChI=1S/C21H20FN3OS/c1-27(15-16-4-6-18(22)7-5-16)20-10-8-19(9-11-20)25-21(26)24-14-17-3-2-12-23-13-17/h2-13H,14-15H2,1H3,(H-,24,25,26)/p+1. The third-order valence-electron chi connectivity index (χ3n) is 3.99. The summed E-state index contributed by atoms with van der Waals surface area (Å²) in [6.07, 6.45) is 5.58. The minimum absolute atomic E-state index is 0.00200. The molecule has 0 fully saturated rings. The number of amides is 2. The fourth-order valence-corrected chi connectivity index (χ4v) is 4.00. The Labute approximate surface area is 161 Å². The number of carbonyl (C=O) groups excluding carboxylic acids is 1. The van der Waals surface area contributed by atoms with Gasteiger partial charge in [-0.3, -0.25) is 4.98 Å². The summed E-state index contributed by atoms with van der Waals surface area (Å²) in [5.41, 5.74) is 2.79. The minimum atomic E-state index is -0.256. The third kappa shape index (κ3) is 5.82. The van der Waals surface area contributed by atoms with Crippen LogP contribution in [-0.2, 0) is 23.2 Å². The lowest BCUT2D eigenvalue weighted by Crippen LogP contribution is -2.28. The summed E-state index contributed by atoms with van der Waals surface area (Å²) in [7, 11) is 0.00200. The number of nitrogens with one attached hydrogen (secondary N) is 2. The summed E-state index contributed by atoms with van der Waals surface area (Å²) in [6.45, 7) is 0.424. The van der Waals surface area contributed by atoms with Gasteiger partial charge in [0.15, 0.2) is 4.90 Å². The maximum atomic E-state index is 13.0. The molecule has 0 saturated heterocycles. The van der Waals surface area contributed by atoms with Crippen molar-refractivity contribution in [3.8, 4) is 0 Å². The summed E-state index contributed by atoms with van der Waals surface area (Å²) in [6, 6.07) is 17.9. The number of hydrogen-bond donors (Lipinski definition) is 2. The average Bonchev–Trinajstić information content (AvgIpc) is 2.69. The lowest BCUT2D eigenvalue weighted by Gasteiger charge is -2.08. The van der Waals surface area contributed by atoms with E-state index in [2.05, 4.69) is 21.9 Å². The molecule has 1 aromatic heterocycles. The van der Waals surface area contributed by atoms with Gasteiger partial charge in [0, 0.05) is 41.1 Å². The highest BCUT2D eigenvalue weighted by Gasteiger charge is 2.16. The monoisotopic (exact) mass is 382 g/mol. The Morgan fingerprint density at radius 2 is 1.78 bits per heavy atom. The molecule has 2 aromatic carbocycles. The molecular weight excluding hydrogens is 361 g/mol. The van der Waals surface area contributed by atoms with E-state index < -0.39 is 0 Å². The summed E-state index contributed by atoms with van der Waals surface area (Å²) in [4.78, 5) is 17.2. The number of anilines is 1. The molecule has 1 atom stereocenters. The van der Waals surface area contributed by atoms with Crippen molar-refractivity contribution in [3.05, 3.63) is 90.0 Å². The van der Waals surface area contributed by atoms with Crippen molar-refractivity contribution >= 4 is 22.6 Å². The van der Waals surface area contributed by atoms with Crippen molar-refractivity contribution in [2.45, 2.75) is 17.2 Å². The molecule has 2 N–H and O–H groups in total. The number of urea groups is 1. The van der Waals surface area contributed by atoms with Crippen LogP contribution in [0.15, 0.2) is 78.0 Å². The second-order valence-electron chi connectivity index (χ2n) is 6.10. The lowest BCUT2D eigenvalue weighted by atomic mass is 10.2. The Hall–Kier alpha value is -2.86. The van der Waals surface area contributed by atoms with E-state index in [1.54, 1.807) is 12.4 Å². The lowest BCUT2D eigenvalue weighted by molar-refractivity contribution is 0.251. The maximum Gasteiger partial charge on any atom is 0.319 e. The molecule has 27 heavy (non-hydrogen) atoms. The summed E-state index contributed by atoms with van der Waals surface area (Å²) in [5, 5.41) is 5.63. The quantitative estimate of drug-likeness (QED) is 0.623. The molecule has 6 heteroatoms. The minimum Gasteiger partial charge on any atom is -0.334 e. The summed E-state index contributed by atoms with van der Waals surface area (Å²) < 4.78 is 13.0. The molecule has 0 spiro atoms. The Kier molecular flexibility index (Phi) is 6.44. The van der Waals surface area contributed by atoms with Crippen LogP contribution in [0.5, 0.6) is 0 Å². The van der Waals surface area contributed by atoms with Crippen LogP contribution in [-0.4, -0.2) is 17.3 Å². The summed E-state index contributed by atoms with van der Waals surface area (Å²) in [5.74, 6) is 0.644. The predicted molar refractivity (Wildman–Crippen MR) is 108 cm³/mol. The Morgan fingerprint density at radius 3 is 2.44 bits per heavy atom. The fraction of sp³-hybridized carbons (Fsp3) is 0.143. The van der Waals surface area contributed by atoms with Crippen molar-refractivity contribution in [3.63, 3.8) is 0 Å². The van der Waals surface area contributed by atoms with E-state index in [0.29, 0.717) is 6.54 Å². The van der Waals surface area contributed by atoms with Crippen LogP contribution in [0.25, 0.3) is 0 Å². The van der Waals surface area contributed by atoms with Crippen LogP contribution in [0.2, 0.25) is 0 Å². The molecule has 0 aliphatic rings. The molecule has 0 saturated carbocycles. The predicted octanol–water partition coefficient (Wildman–Crippen LogP) is 4.35. The van der Waals surface area contributed by atoms with Gasteiger partial charge in [0.2, 0.25) is 0 Å². The number of benzene rings is 2. The first-order valence-corrected chi connectivity index (χ1v) is 10.3. The van der Waals surface area contributed by atoms with Crippen molar-refractivity contribution in [1.82, 2.24) is 10.3 Å². The van der Waals surface area contributed by atoms with Gasteiger partial charge in [0.1, 0.15) is 17.8 Å². The van der Waals surface area contributed by atoms with Gasteiger partial charge >= 0.3 is 6.03 Å². The van der Waals surface area contributed by atoms with Crippen molar-refractivity contribution in [2.24, 2.45) is 0 Å². The molecule has 1 heterocycles. The normalized spacial score (nSPS) is 11.6. The van der Waals surface area contributed by atoms with Gasteiger partial charge in [0.05, 0.1) is 0 Å². The molecule has 3 rings (SSSR count). The zero-order chi connectivity index (χ0) is 19.1. The zero-order valence-electron chi connectivity index (χ0n) is 15.0. The van der Waals surface area contributed by atoms with Crippen molar-refractivity contribution < 1.29 is 9.18 Å². The Morgan fingerprint density at radius 1 is 1.04 bits per heavy atom. The molecular formula is C21H21FN3OS+. The first kappa shape index (κ1) is 18.9. The van der Waals surface area contributed by atoms with Crippen molar-refractivity contribution in [2.75, 3.05) is 11.6 Å². The highest BCUT2D eigenvalue weighted by atomic mass is 32.2. The van der Waals surface area contributed by atoms with Gasteiger partial charge in [-0.2, -0.15) is 0 Å². The van der Waals surface area contributed by atoms with Gasteiger partial charge < -0.3 is 10.6 Å². The molecule has 3 aromatic rings. The van der Waals surface area contributed by atoms with E-state index in [9.17, 15) is 9.18 Å². The number of halogens is 1. The molecule has 2 amide bonds. The van der Waals surface area contributed by atoms with Crippen LogP contribution < -0.4 is 10.6 Å². The van der Waals surface area contributed by atoms with E-state index in [4.69, 9.17) is 0 Å². The molecule has 4 nitrogen and oxygen atoms in total. The number of rotatable bonds is 6. The van der Waals surface area contributed by atoms with Crippen LogP contribution in [0.4, 0.5) is 14.9 Å². The van der Waals surface area contributed by atoms with Gasteiger partial charge in [-0.1, -0.05) is 18.2 Å². The largest absolute Gasteiger partial charge is 0.334 e. The van der Waals surface area contributed by atoms with Gasteiger partial charge in [0.25, 0.3) is 0 Å². The van der Waals surface area contributed by atoms with Crippen LogP contribution in [0.3, 0.4) is 0 Å². The first-order chi connectivity index (χ1) is 13.1. The Bertz CT molecular complexity index is 870. The molecule has 0 aliphatic carbocycles. The SMILES string of the molecule is C[S+](Cc1ccc(F)cc1)c1ccc(NC(=O)NCc2cccnc2)cc1. The van der Waals surface area contributed by atoms with Crippen molar-refractivity contribution in [1.29, 1.82) is 0 Å². The molecule has 0 aliphatic heterocycles. The smallest absolute Gasteiger partial charge is 0.319 e. The molecule has 138 valence electrons. The van der Waals surface area contributed by atoms with Gasteiger partial charge in [-0.05, 0) is 48.0 Å². The van der Waals surface area contributed by atoms with E-state index in [-0.39, 0.29) is 22.7 Å². The van der Waals surface area contributed by atoms with Gasteiger partial charge in [-0.25, -0.2) is 9.18 Å². The van der Waals surface area contributed by atoms with Crippen LogP contribution in [0, 0.1) is 5.82 Å². The number of carbonyl (C=O) groups is 1. The number of aromatic nitrogens is 1. The third-order valence-corrected chi connectivity index (χ3v) is 5.83. The second kappa shape index (κ2) is 9.19. The van der Waals surface area contributed by atoms with E-state index in [1.165, 1.54) is 17.0 Å². The summed E-state index contributed by atoms with van der Waals surface area (Å²) >= 11 is 0. The van der Waals surface area contributed by atoms with E-state index >= 15 is 0 Å². The zero-order valence-corrected chi connectivity index (χ0v) is 15.8. The van der Waals surface area contributed by atoms with Gasteiger partial charge in [-0.15, -0.1) is 0 Å². The van der Waals surface area contributed by atoms with E-state index in [1.807, 2.05) is 48.5 Å². The highest BCUT2D eigenvalue weighted by molar-refractivity contribution is 7.95. The Balaban J connectivity index is 1.51. The number of pyridine rings is 1. The first-order valence-electron chi connectivity index (χ1n) is 8.51. The van der Waals surface area contributed by atoms with Crippen LogP contribution >= 0.6 is 0 Å². The molecule has 0 bridgehead atoms. The number of nitrogens with zero attached hydrogens (tertiary/aromatic N) is 1. The number of hydrogen-bond acceptors (Lipinski definition) is 2. The second-order valence-corrected chi connectivity index (χ2v) is 8.14. The molecule has 1 unspecified atom stereocenters. The van der Waals surface area contributed by atoms with Crippen LogP contribution in [0.1, 0.15) is 11.1 Å². The average molecular weight is 382 g/mol. The van der Waals surface area contributed by atoms with E-state index in [0.717, 1.165) is 22.6 Å². The molecule has 0 radical (unpaired) electrons. The maximum absolute atomic E-state index is 13.0.